The van der Waals surface area contributed by atoms with E-state index in [-0.39, 0.29) is 35.4 Å². The Hall–Kier alpha value is -7.54. The second-order valence-corrected chi connectivity index (χ2v) is 26.5. The van der Waals surface area contributed by atoms with Crippen molar-refractivity contribution in [1.29, 1.82) is 0 Å². The number of hydrogen-bond donors (Lipinski definition) is 5. The maximum absolute atomic E-state index is 11.7. The van der Waals surface area contributed by atoms with Crippen LogP contribution in [0.3, 0.4) is 0 Å². The second-order valence-electron chi connectivity index (χ2n) is 20.1. The second kappa shape index (κ2) is 24.3. The molecule has 8 aromatic rings. The number of phenolic OH excluding ortho intramolecular Hbond substituents is 2. The molecule has 5 aliphatic rings. The molecular weight excluding hydrogens is 1130 g/mol. The Balaban J connectivity index is 0.000000131. The Morgan fingerprint density at radius 1 is 0.444 bits per heavy atom. The van der Waals surface area contributed by atoms with E-state index < -0.39 is 44.4 Å². The zero-order valence-electron chi connectivity index (χ0n) is 44.4. The highest BCUT2D eigenvalue weighted by molar-refractivity contribution is 7.54. The Kier molecular flexibility index (Phi) is 17.9. The fraction of sp³-hybridized carbons (Fsp3) is 0.333. The van der Waals surface area contributed by atoms with Gasteiger partial charge < -0.3 is 59.0 Å². The monoisotopic (exact) mass is 1180 g/mol. The summed E-state index contributed by atoms with van der Waals surface area (Å²) in [4.78, 5) is 69.9. The van der Waals surface area contributed by atoms with Crippen molar-refractivity contribution in [3.8, 4) is 11.5 Å². The summed E-state index contributed by atoms with van der Waals surface area (Å²) in [6.45, 7) is 0. The van der Waals surface area contributed by atoms with E-state index in [0.29, 0.717) is 29.8 Å². The number of nitrogens with zero attached hydrogens (tertiary/aromatic N) is 3. The summed E-state index contributed by atoms with van der Waals surface area (Å²) in [6.07, 6.45) is 12.1. The number of carbonyl (C=O) groups excluding carboxylic acids is 4. The van der Waals surface area contributed by atoms with E-state index in [4.69, 9.17) is 78.9 Å². The maximum atomic E-state index is 11.7. The first-order chi connectivity index (χ1) is 38.7. The lowest BCUT2D eigenvalue weighted by Gasteiger charge is -2.13. The number of carbonyl (C=O) groups is 5. The molecule has 5 fully saturated rings. The van der Waals surface area contributed by atoms with Crippen molar-refractivity contribution in [3.05, 3.63) is 138 Å². The molecular formula is C57H57AlCl3N5O15. The standard InChI is InChI=1S/2C12H11NO3.C11H9NO3.2C11H13NO3.Al.3ClH/c2*1-15-11(14)12(4-5-12)8-2-3-10-9(6-8)13-7-16-10;13-10(14)11(3-4-11)7-1-2-9-8(5-7)12-6-15-9;2*1-15-10(14)11(4-5-11)7-2-3-9(13)8(12)6-7;;;;/h2*2-3,6-7H,4-5H2,1H3;1-2,5-6H,3-4H2,(H,13,14);2*2-3,6,13H,4-5,12H2,1H3;;3*1H/q;;;;;+3;;;/p-3. The topological polar surface area (TPSA) is 313 Å². The van der Waals surface area contributed by atoms with E-state index in [1.807, 2.05) is 42.5 Å². The zero-order chi connectivity index (χ0) is 58.5. The lowest BCUT2D eigenvalue weighted by Crippen LogP contribution is -2.21. The van der Waals surface area contributed by atoms with Crippen LogP contribution in [0, 0.1) is 0 Å². The minimum absolute atomic E-state index is 0.0411. The molecule has 5 saturated carbocycles. The number of halogens is 3. The molecule has 0 spiro atoms. The van der Waals surface area contributed by atoms with Crippen molar-refractivity contribution in [2.24, 2.45) is 0 Å². The predicted molar refractivity (Wildman–Crippen MR) is 301 cm³/mol. The fourth-order valence-electron chi connectivity index (χ4n) is 9.65. The smallest absolute Gasteiger partial charge is 0.506 e. The number of esters is 4. The summed E-state index contributed by atoms with van der Waals surface area (Å²) < 4.78 is 34.6. The molecule has 13 rings (SSSR count). The highest BCUT2D eigenvalue weighted by Crippen LogP contribution is 2.53. The Morgan fingerprint density at radius 3 is 0.901 bits per heavy atom. The molecule has 0 radical (unpaired) electrons. The third-order valence-corrected chi connectivity index (χ3v) is 15.3. The number of nitrogen functional groups attached to an aromatic ring is 2. The molecule has 0 amide bonds. The van der Waals surface area contributed by atoms with E-state index in [1.165, 1.54) is 59.8 Å². The van der Waals surface area contributed by atoms with Gasteiger partial charge in [-0.2, -0.15) is 0 Å². The lowest BCUT2D eigenvalue weighted by atomic mass is 9.95. The van der Waals surface area contributed by atoms with Gasteiger partial charge in [-0.25, -0.2) is 45.1 Å². The number of nitrogens with two attached hydrogens (primary N) is 2. The summed E-state index contributed by atoms with van der Waals surface area (Å²) in [5.74, 6) is -1.44. The highest BCUT2D eigenvalue weighted by atomic mass is 35.8. The average Bonchev–Trinajstić information content (AvgIpc) is 4.36. The van der Waals surface area contributed by atoms with Crippen LogP contribution in [-0.2, 0) is 70.0 Å². The third-order valence-electron chi connectivity index (χ3n) is 15.3. The van der Waals surface area contributed by atoms with Crippen LogP contribution in [0.5, 0.6) is 11.5 Å². The molecule has 3 aromatic heterocycles. The maximum Gasteiger partial charge on any atom is 0.643 e. The SMILES string of the molecule is COC(=O)C1(c2ccc(O)c(N)c2)CC1.COC(=O)C1(c2ccc(O)c(N)c2)CC1.COC(=O)C1(c2ccc3ocnc3c2)CC1.COC(=O)C1(c2ccc3ocnc3c2)CC1.O=C(O)C1(c2ccc3ocnc3c2)CC1.[Cl][Al]([Cl])[Cl]. The van der Waals surface area contributed by atoms with Crippen LogP contribution in [0.25, 0.3) is 33.3 Å². The number of methoxy groups -OCH3 is 4. The number of anilines is 2. The summed E-state index contributed by atoms with van der Waals surface area (Å²) in [5, 5.41) is 27.7. The van der Waals surface area contributed by atoms with Gasteiger partial charge in [0.1, 0.15) is 28.0 Å². The van der Waals surface area contributed by atoms with Gasteiger partial charge in [-0.3, -0.25) is 24.0 Å². The van der Waals surface area contributed by atoms with Gasteiger partial charge in [-0.15, -0.1) is 0 Å². The average molecular weight is 1190 g/mol. The molecule has 20 nitrogen and oxygen atoms in total. The fourth-order valence-corrected chi connectivity index (χ4v) is 9.65. The summed E-state index contributed by atoms with van der Waals surface area (Å²) in [6, 6.07) is 26.5. The van der Waals surface area contributed by atoms with E-state index in [1.54, 1.807) is 36.4 Å². The molecule has 24 heteroatoms. The Morgan fingerprint density at radius 2 is 0.679 bits per heavy atom. The van der Waals surface area contributed by atoms with Crippen molar-refractivity contribution in [1.82, 2.24) is 15.0 Å². The molecule has 424 valence electrons. The third kappa shape index (κ3) is 12.7. The number of hydrogen-bond acceptors (Lipinski definition) is 19. The first kappa shape index (κ1) is 59.6. The first-order valence-electron chi connectivity index (χ1n) is 25.4. The minimum atomic E-state index is -1.72. The number of phenols is 2. The molecule has 0 unspecified atom stereocenters. The van der Waals surface area contributed by atoms with Crippen LogP contribution in [0.15, 0.2) is 123 Å². The Bertz CT molecular complexity index is 3430. The van der Waals surface area contributed by atoms with Crippen molar-refractivity contribution in [3.63, 3.8) is 0 Å². The molecule has 3 heterocycles. The van der Waals surface area contributed by atoms with Gasteiger partial charge in [-0.05, 0) is 153 Å². The molecule has 0 saturated heterocycles. The summed E-state index contributed by atoms with van der Waals surface area (Å²) >= 11 is -1.72. The zero-order valence-corrected chi connectivity index (χ0v) is 47.8. The van der Waals surface area contributed by atoms with Crippen molar-refractivity contribution >= 4 is 116 Å². The molecule has 0 bridgehead atoms. The van der Waals surface area contributed by atoms with Crippen LogP contribution in [0.4, 0.5) is 11.4 Å². The molecule has 5 aliphatic carbocycles. The van der Waals surface area contributed by atoms with Gasteiger partial charge in [0.15, 0.2) is 35.9 Å². The number of benzene rings is 5. The van der Waals surface area contributed by atoms with Crippen LogP contribution < -0.4 is 11.5 Å². The minimum Gasteiger partial charge on any atom is -0.506 e. The molecule has 0 aliphatic heterocycles. The number of oxazole rings is 3. The number of carboxylic acids is 1. The highest BCUT2D eigenvalue weighted by Gasteiger charge is 2.55. The van der Waals surface area contributed by atoms with Gasteiger partial charge in [0, 0.05) is 0 Å². The van der Waals surface area contributed by atoms with Gasteiger partial charge >= 0.3 is 41.2 Å². The van der Waals surface area contributed by atoms with E-state index in [0.717, 1.165) is 107 Å². The number of aromatic nitrogens is 3. The van der Waals surface area contributed by atoms with E-state index in [2.05, 4.69) is 15.0 Å². The lowest BCUT2D eigenvalue weighted by molar-refractivity contribution is -0.144. The predicted octanol–water partition coefficient (Wildman–Crippen LogP) is 10.1. The van der Waals surface area contributed by atoms with Crippen molar-refractivity contribution in [2.45, 2.75) is 91.3 Å². The van der Waals surface area contributed by atoms with Gasteiger partial charge in [0.05, 0.1) is 66.9 Å². The van der Waals surface area contributed by atoms with E-state index in [9.17, 15) is 34.2 Å². The quantitative estimate of drug-likeness (QED) is 0.0279. The number of fused-ring (bicyclic) bond motifs is 3. The molecule has 0 atom stereocenters. The number of aliphatic carboxylic acids is 1. The number of carboxylic acid groups (broad SMARTS) is 1. The van der Waals surface area contributed by atoms with Crippen LogP contribution in [0.2, 0.25) is 0 Å². The van der Waals surface area contributed by atoms with Crippen LogP contribution >= 0.6 is 30.1 Å². The van der Waals surface area contributed by atoms with E-state index >= 15 is 0 Å². The number of ether oxygens (including phenoxy) is 4. The largest absolute Gasteiger partial charge is 0.643 e. The van der Waals surface area contributed by atoms with Crippen molar-refractivity contribution < 1.29 is 71.5 Å². The molecule has 7 N–H and O–H groups in total. The van der Waals surface area contributed by atoms with Gasteiger partial charge in [-0.1, -0.05) is 30.3 Å². The Labute approximate surface area is 480 Å². The molecule has 5 aromatic carbocycles. The van der Waals surface area contributed by atoms with Crippen LogP contribution in [-0.4, -0.2) is 99.9 Å². The van der Waals surface area contributed by atoms with Crippen LogP contribution in [0.1, 0.15) is 92.0 Å². The number of rotatable bonds is 10. The van der Waals surface area contributed by atoms with Crippen molar-refractivity contribution in [2.75, 3.05) is 39.9 Å². The van der Waals surface area contributed by atoms with Gasteiger partial charge in [0.25, 0.3) is 0 Å². The first-order valence-corrected chi connectivity index (χ1v) is 30.6. The normalized spacial score (nSPS) is 16.8. The number of aromatic hydroxyl groups is 2. The van der Waals surface area contributed by atoms with Gasteiger partial charge in [0.2, 0.25) is 0 Å². The molecule has 81 heavy (non-hydrogen) atoms. The summed E-state index contributed by atoms with van der Waals surface area (Å²) in [5.41, 5.74) is 18.1. The summed E-state index contributed by atoms with van der Waals surface area (Å²) in [7, 11) is 20.5.